The van der Waals surface area contributed by atoms with Crippen molar-refractivity contribution in [2.75, 3.05) is 0 Å². The highest BCUT2D eigenvalue weighted by Crippen LogP contribution is 2.05. The Labute approximate surface area is 93.4 Å². The zero-order chi connectivity index (χ0) is 10.5. The first-order chi connectivity index (χ1) is 6.91. The van der Waals surface area contributed by atoms with Crippen molar-refractivity contribution in [3.8, 4) is 0 Å². The molecule has 0 aliphatic heterocycles. The molecule has 82 valence electrons. The summed E-state index contributed by atoms with van der Waals surface area (Å²) in [5.74, 6) is 0. The molecule has 0 aliphatic rings. The molecule has 0 spiro atoms. The first kappa shape index (κ1) is 13.7. The maximum absolute atomic E-state index is 2.26. The predicted octanol–water partition coefficient (Wildman–Crippen LogP) is 5.51. The lowest BCUT2D eigenvalue weighted by atomic mass is 10.1. The van der Waals surface area contributed by atoms with Crippen LogP contribution in [-0.2, 0) is 0 Å². The Hall–Kier alpha value is -0.300. The van der Waals surface area contributed by atoms with E-state index in [9.17, 15) is 0 Å². The summed E-state index contributed by atoms with van der Waals surface area (Å²) >= 11 is 1.71. The number of rotatable bonds is 6. The molecular formula is C13H24S. The van der Waals surface area contributed by atoms with Crippen LogP contribution < -0.4 is 0 Å². The fourth-order valence-corrected chi connectivity index (χ4v) is 1.71. The minimum Gasteiger partial charge on any atom is -0.152 e. The van der Waals surface area contributed by atoms with Gasteiger partial charge in [-0.05, 0) is 10.8 Å². The highest BCUT2D eigenvalue weighted by molar-refractivity contribution is 7.07. The lowest BCUT2D eigenvalue weighted by Gasteiger charge is -1.96. The number of thiophene rings is 1. The van der Waals surface area contributed by atoms with E-state index < -0.39 is 0 Å². The molecule has 0 saturated carbocycles. The van der Waals surface area contributed by atoms with Crippen LogP contribution in [0.25, 0.3) is 0 Å². The van der Waals surface area contributed by atoms with E-state index in [4.69, 9.17) is 0 Å². The van der Waals surface area contributed by atoms with E-state index in [2.05, 4.69) is 13.8 Å². The molecule has 0 unspecified atom stereocenters. The Morgan fingerprint density at radius 1 is 0.714 bits per heavy atom. The third kappa shape index (κ3) is 11.7. The Kier molecular flexibility index (Phi) is 12.4. The summed E-state index contributed by atoms with van der Waals surface area (Å²) in [6.07, 6.45) is 9.97. The van der Waals surface area contributed by atoms with Crippen molar-refractivity contribution in [3.63, 3.8) is 0 Å². The minimum atomic E-state index is 1.37. The summed E-state index contributed by atoms with van der Waals surface area (Å²) < 4.78 is 0. The van der Waals surface area contributed by atoms with Crippen LogP contribution in [0.4, 0.5) is 0 Å². The van der Waals surface area contributed by atoms with Gasteiger partial charge in [0.1, 0.15) is 0 Å². The minimum absolute atomic E-state index is 1.37. The van der Waals surface area contributed by atoms with Crippen LogP contribution in [0.3, 0.4) is 0 Å². The van der Waals surface area contributed by atoms with Gasteiger partial charge < -0.3 is 0 Å². The van der Waals surface area contributed by atoms with Gasteiger partial charge in [-0.3, -0.25) is 0 Å². The third-order valence-electron chi connectivity index (χ3n) is 2.13. The lowest BCUT2D eigenvalue weighted by Crippen LogP contribution is -1.76. The number of hydrogen-bond donors (Lipinski definition) is 0. The molecule has 0 aromatic carbocycles. The van der Waals surface area contributed by atoms with Gasteiger partial charge in [-0.25, -0.2) is 0 Å². The summed E-state index contributed by atoms with van der Waals surface area (Å²) in [6.45, 7) is 4.53. The highest BCUT2D eigenvalue weighted by Gasteiger charge is 1.85. The van der Waals surface area contributed by atoms with Gasteiger partial charge in [-0.2, -0.15) is 11.3 Å². The first-order valence-corrected chi connectivity index (χ1v) is 6.83. The van der Waals surface area contributed by atoms with E-state index in [0.717, 1.165) is 0 Å². The fourth-order valence-electron chi connectivity index (χ4n) is 1.26. The smallest absolute Gasteiger partial charge is 0.00934 e. The van der Waals surface area contributed by atoms with Crippen LogP contribution in [0.1, 0.15) is 58.8 Å². The van der Waals surface area contributed by atoms with Crippen molar-refractivity contribution in [3.05, 3.63) is 22.9 Å². The average Bonchev–Trinajstić information content (AvgIpc) is 2.76. The summed E-state index contributed by atoms with van der Waals surface area (Å²) in [6, 6.07) is 4.04. The second kappa shape index (κ2) is 12.7. The fraction of sp³-hybridized carbons (Fsp3) is 0.692. The molecule has 0 fully saturated rings. The van der Waals surface area contributed by atoms with E-state index in [1.807, 2.05) is 22.9 Å². The molecule has 0 atom stereocenters. The van der Waals surface area contributed by atoms with E-state index in [-0.39, 0.29) is 0 Å². The van der Waals surface area contributed by atoms with E-state index in [1.54, 1.807) is 11.3 Å². The topological polar surface area (TPSA) is 0 Å². The van der Waals surface area contributed by atoms with Gasteiger partial charge in [0.15, 0.2) is 0 Å². The summed E-state index contributed by atoms with van der Waals surface area (Å²) in [5, 5.41) is 4.08. The van der Waals surface area contributed by atoms with Crippen LogP contribution in [0.5, 0.6) is 0 Å². The molecule has 1 rings (SSSR count). The van der Waals surface area contributed by atoms with E-state index >= 15 is 0 Å². The second-order valence-electron chi connectivity index (χ2n) is 3.56. The molecule has 1 heteroatoms. The van der Waals surface area contributed by atoms with Crippen molar-refractivity contribution in [1.82, 2.24) is 0 Å². The van der Waals surface area contributed by atoms with Gasteiger partial charge in [0.25, 0.3) is 0 Å². The van der Waals surface area contributed by atoms with E-state index in [0.29, 0.717) is 0 Å². The van der Waals surface area contributed by atoms with Crippen molar-refractivity contribution in [2.45, 2.75) is 58.8 Å². The molecular weight excluding hydrogens is 188 g/mol. The van der Waals surface area contributed by atoms with Crippen LogP contribution in [0, 0.1) is 0 Å². The Bertz CT molecular complexity index is 133. The zero-order valence-electron chi connectivity index (χ0n) is 9.67. The zero-order valence-corrected chi connectivity index (χ0v) is 10.5. The highest BCUT2D eigenvalue weighted by atomic mass is 32.1. The van der Waals surface area contributed by atoms with Crippen LogP contribution in [0.2, 0.25) is 0 Å². The summed E-state index contributed by atoms with van der Waals surface area (Å²) in [7, 11) is 0. The van der Waals surface area contributed by atoms with E-state index in [1.165, 1.54) is 44.9 Å². The Morgan fingerprint density at radius 2 is 1.14 bits per heavy atom. The maximum Gasteiger partial charge on any atom is -0.00934 e. The van der Waals surface area contributed by atoms with Crippen LogP contribution >= 0.6 is 11.3 Å². The van der Waals surface area contributed by atoms with Crippen LogP contribution in [-0.4, -0.2) is 0 Å². The molecule has 1 heterocycles. The SMILES string of the molecule is CCCCCCCCC.c1ccsc1. The van der Waals surface area contributed by atoms with Gasteiger partial charge in [0, 0.05) is 0 Å². The van der Waals surface area contributed by atoms with Crippen LogP contribution in [0.15, 0.2) is 22.9 Å². The number of hydrogen-bond acceptors (Lipinski definition) is 1. The van der Waals surface area contributed by atoms with Crippen molar-refractivity contribution < 1.29 is 0 Å². The standard InChI is InChI=1S/C9H20.C4H4S/c1-3-5-7-9-8-6-4-2;1-2-4-5-3-1/h3-9H2,1-2H3;1-4H. The molecule has 0 bridgehead atoms. The predicted molar refractivity (Wildman–Crippen MR) is 68.0 cm³/mol. The molecule has 1 aromatic heterocycles. The first-order valence-electron chi connectivity index (χ1n) is 5.89. The average molecular weight is 212 g/mol. The van der Waals surface area contributed by atoms with Crippen molar-refractivity contribution >= 4 is 11.3 Å². The van der Waals surface area contributed by atoms with Gasteiger partial charge in [-0.15, -0.1) is 0 Å². The summed E-state index contributed by atoms with van der Waals surface area (Å²) in [5.41, 5.74) is 0. The molecule has 0 aliphatic carbocycles. The van der Waals surface area contributed by atoms with Gasteiger partial charge in [0.2, 0.25) is 0 Å². The second-order valence-corrected chi connectivity index (χ2v) is 4.38. The lowest BCUT2D eigenvalue weighted by molar-refractivity contribution is 0.602. The molecule has 0 saturated heterocycles. The van der Waals surface area contributed by atoms with Crippen molar-refractivity contribution in [1.29, 1.82) is 0 Å². The van der Waals surface area contributed by atoms with Gasteiger partial charge in [0.05, 0.1) is 0 Å². The maximum atomic E-state index is 2.26. The summed E-state index contributed by atoms with van der Waals surface area (Å²) in [4.78, 5) is 0. The van der Waals surface area contributed by atoms with Gasteiger partial charge in [-0.1, -0.05) is 70.9 Å². The quantitative estimate of drug-likeness (QED) is 0.546. The molecule has 0 radical (unpaired) electrons. The molecule has 1 aromatic rings. The number of unbranched alkanes of at least 4 members (excludes halogenated alkanes) is 6. The Balaban J connectivity index is 0.000000280. The molecule has 0 amide bonds. The normalized spacial score (nSPS) is 9.29. The largest absolute Gasteiger partial charge is 0.152 e. The molecule has 0 N–H and O–H groups in total. The molecule has 14 heavy (non-hydrogen) atoms. The van der Waals surface area contributed by atoms with Gasteiger partial charge >= 0.3 is 0 Å². The third-order valence-corrected chi connectivity index (χ3v) is 2.76. The van der Waals surface area contributed by atoms with Crippen molar-refractivity contribution in [2.24, 2.45) is 0 Å². The monoisotopic (exact) mass is 212 g/mol. The Morgan fingerprint density at radius 3 is 1.43 bits per heavy atom. The molecule has 0 nitrogen and oxygen atoms in total.